The number of morpholine rings is 1. The van der Waals surface area contributed by atoms with Gasteiger partial charge in [0.25, 0.3) is 0 Å². The lowest BCUT2D eigenvalue weighted by Crippen LogP contribution is -2.42. The minimum Gasteiger partial charge on any atom is -0.489 e. The minimum absolute atomic E-state index is 0. The lowest BCUT2D eigenvalue weighted by Gasteiger charge is -2.35. The maximum absolute atomic E-state index is 6.42. The lowest BCUT2D eigenvalue weighted by molar-refractivity contribution is 0.0161. The van der Waals surface area contributed by atoms with E-state index in [4.69, 9.17) is 25.8 Å². The summed E-state index contributed by atoms with van der Waals surface area (Å²) in [5, 5.41) is 4.22. The fraction of sp³-hybridized carbons (Fsp3) is 0.455. The van der Waals surface area contributed by atoms with Crippen molar-refractivity contribution in [2.45, 2.75) is 19.0 Å². The van der Waals surface area contributed by atoms with Gasteiger partial charge in [0.2, 0.25) is 0 Å². The van der Waals surface area contributed by atoms with E-state index in [1.165, 1.54) is 5.56 Å². The van der Waals surface area contributed by atoms with Gasteiger partial charge in [0.1, 0.15) is 0 Å². The van der Waals surface area contributed by atoms with Crippen LogP contribution in [-0.4, -0.2) is 51.0 Å². The first kappa shape index (κ1) is 22.2. The average Bonchev–Trinajstić information content (AvgIpc) is 2.98. The van der Waals surface area contributed by atoms with Gasteiger partial charge in [-0.25, -0.2) is 0 Å². The van der Waals surface area contributed by atoms with Crippen molar-refractivity contribution in [2.24, 2.45) is 0 Å². The summed E-state index contributed by atoms with van der Waals surface area (Å²) in [5.41, 5.74) is 2.43. The molecule has 2 aromatic carbocycles. The second kappa shape index (κ2) is 11.0. The molecule has 2 heterocycles. The topological polar surface area (TPSA) is 43.0 Å². The van der Waals surface area contributed by atoms with Crippen LogP contribution in [0.25, 0.3) is 0 Å². The molecular formula is C22H28Cl2N2O3. The molecular weight excluding hydrogens is 411 g/mol. The van der Waals surface area contributed by atoms with Gasteiger partial charge in [-0.05, 0) is 23.3 Å². The summed E-state index contributed by atoms with van der Waals surface area (Å²) in [6, 6.07) is 15.0. The van der Waals surface area contributed by atoms with Crippen LogP contribution in [0.3, 0.4) is 0 Å². The van der Waals surface area contributed by atoms with Crippen LogP contribution in [-0.2, 0) is 11.3 Å². The summed E-state index contributed by atoms with van der Waals surface area (Å²) in [5.74, 6) is 1.41. The van der Waals surface area contributed by atoms with Crippen molar-refractivity contribution in [2.75, 3.05) is 46.1 Å². The van der Waals surface area contributed by atoms with Crippen molar-refractivity contribution in [1.29, 1.82) is 0 Å². The molecule has 0 spiro atoms. The second-order valence-corrected chi connectivity index (χ2v) is 7.57. The Balaban J connectivity index is 0.00000240. The van der Waals surface area contributed by atoms with Crippen LogP contribution in [0.15, 0.2) is 42.5 Å². The number of ether oxygens (including phenoxy) is 3. The zero-order valence-corrected chi connectivity index (χ0v) is 18.0. The van der Waals surface area contributed by atoms with Gasteiger partial charge in [-0.2, -0.15) is 0 Å². The predicted molar refractivity (Wildman–Crippen MR) is 118 cm³/mol. The standard InChI is InChI=1S/C22H27ClN2O3.ClH/c23-19-13-17(14-21-22(19)28-10-4-9-27-21)15-24-16-20(18-5-2-1-3-6-18)25-7-11-26-12-8-25;/h1-3,5-6,13-14,20,24H,4,7-12,15-16H2;1H. The van der Waals surface area contributed by atoms with Crippen LogP contribution < -0.4 is 14.8 Å². The highest BCUT2D eigenvalue weighted by atomic mass is 35.5. The molecule has 2 aromatic rings. The molecule has 0 bridgehead atoms. The molecule has 0 saturated carbocycles. The number of halogens is 2. The molecule has 0 amide bonds. The van der Waals surface area contributed by atoms with E-state index in [-0.39, 0.29) is 12.4 Å². The molecule has 1 atom stereocenters. The Kier molecular flexibility index (Phi) is 8.45. The number of fused-ring (bicyclic) bond motifs is 1. The summed E-state index contributed by atoms with van der Waals surface area (Å²) in [7, 11) is 0. The quantitative estimate of drug-likeness (QED) is 0.735. The third-order valence-electron chi connectivity index (χ3n) is 5.20. The molecule has 1 fully saturated rings. The van der Waals surface area contributed by atoms with Crippen molar-refractivity contribution in [1.82, 2.24) is 10.2 Å². The van der Waals surface area contributed by atoms with E-state index in [9.17, 15) is 0 Å². The highest BCUT2D eigenvalue weighted by molar-refractivity contribution is 6.32. The molecule has 1 saturated heterocycles. The van der Waals surface area contributed by atoms with Gasteiger partial charge in [0.05, 0.1) is 31.5 Å². The average molecular weight is 439 g/mol. The fourth-order valence-corrected chi connectivity index (χ4v) is 4.05. The summed E-state index contributed by atoms with van der Waals surface area (Å²) in [6.07, 6.45) is 0.872. The van der Waals surface area contributed by atoms with E-state index >= 15 is 0 Å². The molecule has 29 heavy (non-hydrogen) atoms. The van der Waals surface area contributed by atoms with E-state index in [2.05, 4.69) is 40.5 Å². The first-order valence-corrected chi connectivity index (χ1v) is 10.3. The predicted octanol–water partition coefficient (Wildman–Crippen LogP) is 4.09. The smallest absolute Gasteiger partial charge is 0.179 e. The highest BCUT2D eigenvalue weighted by Gasteiger charge is 2.22. The normalized spacial score (nSPS) is 17.8. The number of hydrogen-bond acceptors (Lipinski definition) is 5. The Hall–Kier alpha value is -1.50. The summed E-state index contributed by atoms with van der Waals surface area (Å²) in [4.78, 5) is 2.49. The molecule has 4 rings (SSSR count). The molecule has 1 N–H and O–H groups in total. The highest BCUT2D eigenvalue weighted by Crippen LogP contribution is 2.38. The first-order valence-electron chi connectivity index (χ1n) is 9.97. The zero-order valence-electron chi connectivity index (χ0n) is 16.4. The molecule has 0 aliphatic carbocycles. The van der Waals surface area contributed by atoms with Gasteiger partial charge in [-0.1, -0.05) is 41.9 Å². The van der Waals surface area contributed by atoms with E-state index in [1.807, 2.05) is 12.1 Å². The van der Waals surface area contributed by atoms with Crippen molar-refractivity contribution >= 4 is 24.0 Å². The van der Waals surface area contributed by atoms with Gasteiger partial charge in [0, 0.05) is 38.6 Å². The molecule has 0 radical (unpaired) electrons. The fourth-order valence-electron chi connectivity index (χ4n) is 3.76. The number of nitrogens with one attached hydrogen (secondary N) is 1. The van der Waals surface area contributed by atoms with Crippen LogP contribution >= 0.6 is 24.0 Å². The van der Waals surface area contributed by atoms with E-state index < -0.39 is 0 Å². The number of hydrogen-bond donors (Lipinski definition) is 1. The van der Waals surface area contributed by atoms with Gasteiger partial charge >= 0.3 is 0 Å². The van der Waals surface area contributed by atoms with Gasteiger partial charge in [-0.15, -0.1) is 12.4 Å². The Labute approximate surface area is 183 Å². The molecule has 2 aliphatic heterocycles. The van der Waals surface area contributed by atoms with Gasteiger partial charge < -0.3 is 19.5 Å². The van der Waals surface area contributed by atoms with Crippen LogP contribution in [0, 0.1) is 0 Å². The monoisotopic (exact) mass is 438 g/mol. The van der Waals surface area contributed by atoms with Crippen molar-refractivity contribution in [3.8, 4) is 11.5 Å². The summed E-state index contributed by atoms with van der Waals surface area (Å²) < 4.78 is 17.1. The Morgan fingerprint density at radius 2 is 1.76 bits per heavy atom. The second-order valence-electron chi connectivity index (χ2n) is 7.16. The maximum Gasteiger partial charge on any atom is 0.179 e. The van der Waals surface area contributed by atoms with E-state index in [0.717, 1.165) is 57.1 Å². The zero-order chi connectivity index (χ0) is 19.2. The van der Waals surface area contributed by atoms with E-state index in [0.29, 0.717) is 30.0 Å². The van der Waals surface area contributed by atoms with Crippen LogP contribution in [0.2, 0.25) is 5.02 Å². The third kappa shape index (κ3) is 5.77. The summed E-state index contributed by atoms with van der Waals surface area (Å²) in [6.45, 7) is 6.38. The van der Waals surface area contributed by atoms with Crippen LogP contribution in [0.4, 0.5) is 0 Å². The SMILES string of the molecule is Cl.Clc1cc(CNCC(c2ccccc2)N2CCOCC2)cc2c1OCCCO2. The Morgan fingerprint density at radius 3 is 2.55 bits per heavy atom. The first-order chi connectivity index (χ1) is 13.8. The van der Waals surface area contributed by atoms with Crippen LogP contribution in [0.1, 0.15) is 23.6 Å². The number of nitrogens with zero attached hydrogens (tertiary/aromatic N) is 1. The van der Waals surface area contributed by atoms with Crippen molar-refractivity contribution < 1.29 is 14.2 Å². The number of rotatable bonds is 6. The van der Waals surface area contributed by atoms with E-state index in [1.54, 1.807) is 0 Å². The summed E-state index contributed by atoms with van der Waals surface area (Å²) >= 11 is 6.42. The van der Waals surface area contributed by atoms with Gasteiger partial charge in [0.15, 0.2) is 11.5 Å². The molecule has 0 aromatic heterocycles. The molecule has 5 nitrogen and oxygen atoms in total. The largest absolute Gasteiger partial charge is 0.489 e. The maximum atomic E-state index is 6.42. The minimum atomic E-state index is 0. The van der Waals surface area contributed by atoms with Crippen molar-refractivity contribution in [3.05, 3.63) is 58.6 Å². The molecule has 158 valence electrons. The third-order valence-corrected chi connectivity index (χ3v) is 5.48. The van der Waals surface area contributed by atoms with Crippen molar-refractivity contribution in [3.63, 3.8) is 0 Å². The Morgan fingerprint density at radius 1 is 1.00 bits per heavy atom. The van der Waals surface area contributed by atoms with Crippen LogP contribution in [0.5, 0.6) is 11.5 Å². The van der Waals surface area contributed by atoms with Gasteiger partial charge in [-0.3, -0.25) is 4.90 Å². The molecule has 1 unspecified atom stereocenters. The Bertz CT molecular complexity index is 770. The number of benzene rings is 2. The molecule has 2 aliphatic rings. The molecule has 7 heteroatoms. The lowest BCUT2D eigenvalue weighted by atomic mass is 10.0.